The Kier molecular flexibility index (Phi) is 5.49. The fourth-order valence-electron chi connectivity index (χ4n) is 4.59. The lowest BCUT2D eigenvalue weighted by atomic mass is 10.1. The van der Waals surface area contributed by atoms with Gasteiger partial charge in [-0.1, -0.05) is 25.0 Å². The first-order chi connectivity index (χ1) is 13.5. The number of hydrazone groups is 1. The zero-order valence-electron chi connectivity index (χ0n) is 17.0. The van der Waals surface area contributed by atoms with E-state index in [4.69, 9.17) is 0 Å². The molecule has 28 heavy (non-hydrogen) atoms. The van der Waals surface area contributed by atoms with E-state index >= 15 is 0 Å². The average molecular weight is 383 g/mol. The van der Waals surface area contributed by atoms with Crippen molar-refractivity contribution in [3.05, 3.63) is 29.3 Å². The van der Waals surface area contributed by atoms with E-state index in [0.717, 1.165) is 43.0 Å². The van der Waals surface area contributed by atoms with Crippen molar-refractivity contribution in [3.63, 3.8) is 0 Å². The van der Waals surface area contributed by atoms with Gasteiger partial charge in [-0.2, -0.15) is 5.10 Å². The topological polar surface area (TPSA) is 56.2 Å². The predicted molar refractivity (Wildman–Crippen MR) is 110 cm³/mol. The van der Waals surface area contributed by atoms with Crippen LogP contribution in [0.15, 0.2) is 23.3 Å². The molecule has 2 aliphatic heterocycles. The van der Waals surface area contributed by atoms with Crippen molar-refractivity contribution >= 4 is 23.2 Å². The van der Waals surface area contributed by atoms with Gasteiger partial charge in [0, 0.05) is 45.1 Å². The summed E-state index contributed by atoms with van der Waals surface area (Å²) in [5.74, 6) is -0.0508. The Morgan fingerprint density at radius 2 is 1.75 bits per heavy atom. The minimum atomic E-state index is -0.0451. The van der Waals surface area contributed by atoms with Crippen LogP contribution in [0.2, 0.25) is 0 Å². The van der Waals surface area contributed by atoms with Crippen molar-refractivity contribution in [1.29, 1.82) is 0 Å². The van der Waals surface area contributed by atoms with Crippen molar-refractivity contribution < 1.29 is 9.59 Å². The first-order valence-corrected chi connectivity index (χ1v) is 10.5. The molecule has 0 aromatic heterocycles. The lowest BCUT2D eigenvalue weighted by Gasteiger charge is -2.38. The number of benzene rings is 1. The summed E-state index contributed by atoms with van der Waals surface area (Å²) in [7, 11) is 0. The summed E-state index contributed by atoms with van der Waals surface area (Å²) in [6.07, 6.45) is 6.04. The van der Waals surface area contributed by atoms with Crippen LogP contribution in [0, 0.1) is 13.8 Å². The summed E-state index contributed by atoms with van der Waals surface area (Å²) < 4.78 is 0. The average Bonchev–Trinajstić information content (AvgIpc) is 3.25. The Hall–Kier alpha value is -2.21. The molecule has 1 saturated heterocycles. The van der Waals surface area contributed by atoms with Gasteiger partial charge < -0.3 is 4.90 Å². The quantitative estimate of drug-likeness (QED) is 0.808. The van der Waals surface area contributed by atoms with Crippen molar-refractivity contribution in [2.24, 2.45) is 5.10 Å². The first-order valence-electron chi connectivity index (χ1n) is 10.5. The molecule has 2 heterocycles. The number of hydrogen-bond donors (Lipinski definition) is 0. The van der Waals surface area contributed by atoms with Gasteiger partial charge in [0.15, 0.2) is 0 Å². The zero-order chi connectivity index (χ0) is 19.7. The number of rotatable bonds is 3. The second-order valence-electron chi connectivity index (χ2n) is 8.31. The van der Waals surface area contributed by atoms with Gasteiger partial charge in [0.2, 0.25) is 5.91 Å². The fourth-order valence-corrected chi connectivity index (χ4v) is 4.59. The number of hydrogen-bond acceptors (Lipinski definition) is 4. The van der Waals surface area contributed by atoms with Crippen LogP contribution < -0.4 is 5.01 Å². The number of amides is 2. The van der Waals surface area contributed by atoms with Gasteiger partial charge in [-0.15, -0.1) is 0 Å². The zero-order valence-corrected chi connectivity index (χ0v) is 17.0. The van der Waals surface area contributed by atoms with Gasteiger partial charge >= 0.3 is 0 Å². The summed E-state index contributed by atoms with van der Waals surface area (Å²) in [4.78, 5) is 30.0. The van der Waals surface area contributed by atoms with E-state index in [2.05, 4.69) is 10.0 Å². The SMILES string of the molecule is Cc1ccc(C)c(N2N=C(C(=O)N3CCN(C4CCCC4)CC3)CCC2=O)c1. The van der Waals surface area contributed by atoms with E-state index in [1.165, 1.54) is 30.7 Å². The number of anilines is 1. The molecule has 1 aliphatic carbocycles. The summed E-state index contributed by atoms with van der Waals surface area (Å²) in [6.45, 7) is 7.37. The number of carbonyl (C=O) groups is 2. The van der Waals surface area contributed by atoms with Gasteiger partial charge in [-0.3, -0.25) is 14.5 Å². The van der Waals surface area contributed by atoms with E-state index in [0.29, 0.717) is 24.6 Å². The predicted octanol–water partition coefficient (Wildman–Crippen LogP) is 2.87. The van der Waals surface area contributed by atoms with Crippen LogP contribution in [0.3, 0.4) is 0 Å². The Labute approximate surface area is 167 Å². The first kappa shape index (κ1) is 19.1. The maximum absolute atomic E-state index is 13.1. The van der Waals surface area contributed by atoms with Crippen LogP contribution >= 0.6 is 0 Å². The number of carbonyl (C=O) groups excluding carboxylic acids is 2. The van der Waals surface area contributed by atoms with Crippen molar-refractivity contribution in [1.82, 2.24) is 9.80 Å². The number of nitrogens with zero attached hydrogens (tertiary/aromatic N) is 4. The number of piperazine rings is 1. The van der Waals surface area contributed by atoms with Crippen LogP contribution in [0.5, 0.6) is 0 Å². The fraction of sp³-hybridized carbons (Fsp3) is 0.591. The Morgan fingerprint density at radius 3 is 2.46 bits per heavy atom. The van der Waals surface area contributed by atoms with Crippen LogP contribution in [-0.2, 0) is 9.59 Å². The normalized spacial score (nSPS) is 21.9. The highest BCUT2D eigenvalue weighted by atomic mass is 16.2. The molecule has 150 valence electrons. The van der Waals surface area contributed by atoms with E-state index in [1.807, 2.05) is 36.9 Å². The largest absolute Gasteiger partial charge is 0.335 e. The van der Waals surface area contributed by atoms with Crippen molar-refractivity contribution in [2.75, 3.05) is 31.2 Å². The summed E-state index contributed by atoms with van der Waals surface area (Å²) in [5, 5.41) is 5.94. The molecule has 4 rings (SSSR count). The minimum Gasteiger partial charge on any atom is -0.335 e. The lowest BCUT2D eigenvalue weighted by Crippen LogP contribution is -2.53. The summed E-state index contributed by atoms with van der Waals surface area (Å²) in [5.41, 5.74) is 3.35. The molecule has 0 atom stereocenters. The standard InChI is InChI=1S/C22H30N4O2/c1-16-7-8-17(2)20(15-16)26-21(27)10-9-19(23-26)22(28)25-13-11-24(12-14-25)18-5-3-4-6-18/h7-8,15,18H,3-6,9-14H2,1-2H3. The lowest BCUT2D eigenvalue weighted by molar-refractivity contribution is -0.126. The third-order valence-electron chi connectivity index (χ3n) is 6.31. The highest BCUT2D eigenvalue weighted by Crippen LogP contribution is 2.27. The van der Waals surface area contributed by atoms with Gasteiger partial charge in [-0.25, -0.2) is 5.01 Å². The van der Waals surface area contributed by atoms with Crippen molar-refractivity contribution in [2.45, 2.75) is 58.4 Å². The summed E-state index contributed by atoms with van der Waals surface area (Å²) in [6, 6.07) is 6.69. The molecule has 0 radical (unpaired) electrons. The van der Waals surface area contributed by atoms with E-state index in [9.17, 15) is 9.59 Å². The Morgan fingerprint density at radius 1 is 1.04 bits per heavy atom. The molecule has 1 aromatic carbocycles. The van der Waals surface area contributed by atoms with Gasteiger partial charge in [-0.05, 0) is 43.9 Å². The molecule has 0 spiro atoms. The molecular weight excluding hydrogens is 352 g/mol. The van der Waals surface area contributed by atoms with E-state index in [1.54, 1.807) is 0 Å². The van der Waals surface area contributed by atoms with Crippen molar-refractivity contribution in [3.8, 4) is 0 Å². The molecule has 2 amide bonds. The highest BCUT2D eigenvalue weighted by Gasteiger charge is 2.32. The molecule has 0 unspecified atom stereocenters. The number of aryl methyl sites for hydroxylation is 2. The van der Waals surface area contributed by atoms with Crippen LogP contribution in [0.1, 0.15) is 49.7 Å². The van der Waals surface area contributed by atoms with Crippen LogP contribution in [-0.4, -0.2) is 59.5 Å². The Bertz CT molecular complexity index is 790. The second kappa shape index (κ2) is 8.03. The molecule has 1 saturated carbocycles. The van der Waals surface area contributed by atoms with Gasteiger partial charge in [0.1, 0.15) is 5.71 Å². The molecule has 1 aromatic rings. The molecule has 0 N–H and O–H groups in total. The minimum absolute atomic E-state index is 0.00567. The van der Waals surface area contributed by atoms with Crippen LogP contribution in [0.25, 0.3) is 0 Å². The van der Waals surface area contributed by atoms with E-state index < -0.39 is 0 Å². The van der Waals surface area contributed by atoms with Crippen LogP contribution in [0.4, 0.5) is 5.69 Å². The smallest absolute Gasteiger partial charge is 0.270 e. The second-order valence-corrected chi connectivity index (χ2v) is 8.31. The summed E-state index contributed by atoms with van der Waals surface area (Å²) >= 11 is 0. The third kappa shape index (κ3) is 3.83. The maximum atomic E-state index is 13.1. The monoisotopic (exact) mass is 382 g/mol. The van der Waals surface area contributed by atoms with Gasteiger partial charge in [0.25, 0.3) is 5.91 Å². The van der Waals surface area contributed by atoms with E-state index in [-0.39, 0.29) is 11.8 Å². The maximum Gasteiger partial charge on any atom is 0.270 e. The molecule has 3 aliphatic rings. The molecule has 0 bridgehead atoms. The molecule has 6 nitrogen and oxygen atoms in total. The third-order valence-corrected chi connectivity index (χ3v) is 6.31. The molecular formula is C22H30N4O2. The van der Waals surface area contributed by atoms with Gasteiger partial charge in [0.05, 0.1) is 5.69 Å². The Balaban J connectivity index is 1.46. The molecule has 6 heteroatoms. The molecule has 2 fully saturated rings. The highest BCUT2D eigenvalue weighted by molar-refractivity contribution is 6.40.